The van der Waals surface area contributed by atoms with Crippen LogP contribution in [-0.2, 0) is 6.18 Å². The number of hydrogen-bond acceptors (Lipinski definition) is 3. The van der Waals surface area contributed by atoms with Crippen molar-refractivity contribution in [2.75, 3.05) is 11.9 Å². The number of nitrogens with zero attached hydrogens (tertiary/aromatic N) is 2. The standard InChI is InChI=1S/C14H13F4N3/c1-2-7-19-12-8-11(9-5-3-4-6-10(9)15)20-13(21-12)14(16,17)18/h3-6,8H,2,7H2,1H3,(H,19,20,21). The second kappa shape index (κ2) is 6.07. The molecule has 0 atom stereocenters. The van der Waals surface area contributed by atoms with Gasteiger partial charge in [0.2, 0.25) is 5.82 Å². The van der Waals surface area contributed by atoms with Crippen LogP contribution in [0, 0.1) is 5.82 Å². The van der Waals surface area contributed by atoms with Gasteiger partial charge in [-0.05, 0) is 18.6 Å². The largest absolute Gasteiger partial charge is 0.451 e. The smallest absolute Gasteiger partial charge is 0.370 e. The van der Waals surface area contributed by atoms with Crippen LogP contribution in [0.2, 0.25) is 0 Å². The molecule has 0 bridgehead atoms. The van der Waals surface area contributed by atoms with Crippen LogP contribution in [-0.4, -0.2) is 16.5 Å². The predicted molar refractivity (Wildman–Crippen MR) is 71.2 cm³/mol. The summed E-state index contributed by atoms with van der Waals surface area (Å²) in [6.07, 6.45) is -3.97. The van der Waals surface area contributed by atoms with E-state index in [9.17, 15) is 17.6 Å². The van der Waals surface area contributed by atoms with E-state index in [0.29, 0.717) is 6.54 Å². The zero-order chi connectivity index (χ0) is 15.5. The Bertz CT molecular complexity index is 626. The molecule has 112 valence electrons. The van der Waals surface area contributed by atoms with Crippen LogP contribution in [0.25, 0.3) is 11.3 Å². The molecule has 1 aromatic carbocycles. The molecule has 0 saturated carbocycles. The Morgan fingerprint density at radius 2 is 1.86 bits per heavy atom. The molecule has 2 aromatic rings. The SMILES string of the molecule is CCCNc1cc(-c2ccccc2F)nc(C(F)(F)F)n1. The first-order valence-electron chi connectivity index (χ1n) is 6.37. The highest BCUT2D eigenvalue weighted by atomic mass is 19.4. The van der Waals surface area contributed by atoms with Crippen molar-refractivity contribution >= 4 is 5.82 Å². The van der Waals surface area contributed by atoms with Crippen molar-refractivity contribution in [1.29, 1.82) is 0 Å². The summed E-state index contributed by atoms with van der Waals surface area (Å²) in [5, 5.41) is 2.76. The molecule has 0 aliphatic heterocycles. The van der Waals surface area contributed by atoms with Gasteiger partial charge in [-0.15, -0.1) is 0 Å². The minimum Gasteiger partial charge on any atom is -0.370 e. The molecule has 1 aromatic heterocycles. The van der Waals surface area contributed by atoms with E-state index in [-0.39, 0.29) is 17.1 Å². The summed E-state index contributed by atoms with van der Waals surface area (Å²) in [4.78, 5) is 6.86. The second-order valence-electron chi connectivity index (χ2n) is 4.37. The van der Waals surface area contributed by atoms with E-state index >= 15 is 0 Å². The van der Waals surface area contributed by atoms with Gasteiger partial charge in [0, 0.05) is 18.2 Å². The third kappa shape index (κ3) is 3.68. The van der Waals surface area contributed by atoms with E-state index in [1.807, 2.05) is 6.92 Å². The first-order valence-corrected chi connectivity index (χ1v) is 6.37. The van der Waals surface area contributed by atoms with Gasteiger partial charge in [0.1, 0.15) is 11.6 Å². The fourth-order valence-corrected chi connectivity index (χ4v) is 1.72. The minimum atomic E-state index is -4.69. The third-order valence-electron chi connectivity index (χ3n) is 2.69. The van der Waals surface area contributed by atoms with Crippen molar-refractivity contribution in [1.82, 2.24) is 9.97 Å². The number of anilines is 1. The van der Waals surface area contributed by atoms with Gasteiger partial charge in [-0.2, -0.15) is 13.2 Å². The summed E-state index contributed by atoms with van der Waals surface area (Å²) < 4.78 is 52.2. The number of alkyl halides is 3. The summed E-state index contributed by atoms with van der Waals surface area (Å²) in [6.45, 7) is 2.33. The van der Waals surface area contributed by atoms with Gasteiger partial charge in [-0.25, -0.2) is 14.4 Å². The van der Waals surface area contributed by atoms with Gasteiger partial charge >= 0.3 is 6.18 Å². The van der Waals surface area contributed by atoms with Crippen molar-refractivity contribution in [3.63, 3.8) is 0 Å². The molecule has 2 rings (SSSR count). The van der Waals surface area contributed by atoms with Crippen molar-refractivity contribution in [2.24, 2.45) is 0 Å². The topological polar surface area (TPSA) is 37.8 Å². The number of benzene rings is 1. The van der Waals surface area contributed by atoms with Gasteiger partial charge in [0.05, 0.1) is 5.69 Å². The Balaban J connectivity index is 2.52. The fourth-order valence-electron chi connectivity index (χ4n) is 1.72. The van der Waals surface area contributed by atoms with Gasteiger partial charge in [0.15, 0.2) is 0 Å². The Morgan fingerprint density at radius 3 is 2.48 bits per heavy atom. The average molecular weight is 299 g/mol. The lowest BCUT2D eigenvalue weighted by molar-refractivity contribution is -0.144. The normalized spacial score (nSPS) is 11.5. The van der Waals surface area contributed by atoms with Gasteiger partial charge in [-0.1, -0.05) is 19.1 Å². The predicted octanol–water partition coefficient (Wildman–Crippen LogP) is 4.12. The fraction of sp³-hybridized carbons (Fsp3) is 0.286. The maximum Gasteiger partial charge on any atom is 0.451 e. The molecule has 0 spiro atoms. The van der Waals surface area contributed by atoms with E-state index in [1.165, 1.54) is 30.3 Å². The van der Waals surface area contributed by atoms with E-state index in [4.69, 9.17) is 0 Å². The molecule has 3 nitrogen and oxygen atoms in total. The third-order valence-corrected chi connectivity index (χ3v) is 2.69. The average Bonchev–Trinajstić information content (AvgIpc) is 2.44. The Kier molecular flexibility index (Phi) is 4.40. The molecule has 0 saturated heterocycles. The van der Waals surface area contributed by atoms with Gasteiger partial charge < -0.3 is 5.32 Å². The molecule has 0 amide bonds. The summed E-state index contributed by atoms with van der Waals surface area (Å²) in [6, 6.07) is 6.85. The van der Waals surface area contributed by atoms with Crippen molar-refractivity contribution in [3.8, 4) is 11.3 Å². The van der Waals surface area contributed by atoms with Crippen LogP contribution in [0.4, 0.5) is 23.4 Å². The Hall–Kier alpha value is -2.18. The number of nitrogens with one attached hydrogen (secondary N) is 1. The lowest BCUT2D eigenvalue weighted by atomic mass is 10.1. The van der Waals surface area contributed by atoms with Gasteiger partial charge in [0.25, 0.3) is 0 Å². The molecular formula is C14H13F4N3. The summed E-state index contributed by atoms with van der Waals surface area (Å²) in [5.74, 6) is -1.90. The maximum absolute atomic E-state index is 13.7. The molecule has 0 fully saturated rings. The molecule has 21 heavy (non-hydrogen) atoms. The highest BCUT2D eigenvalue weighted by Crippen LogP contribution is 2.30. The number of hydrogen-bond donors (Lipinski definition) is 1. The summed E-state index contributed by atoms with van der Waals surface area (Å²) in [5.41, 5.74) is -0.0982. The first-order chi connectivity index (χ1) is 9.91. The molecule has 0 aliphatic carbocycles. The zero-order valence-electron chi connectivity index (χ0n) is 11.2. The molecule has 7 heteroatoms. The maximum atomic E-state index is 13.7. The van der Waals surface area contributed by atoms with E-state index in [1.54, 1.807) is 0 Å². The highest BCUT2D eigenvalue weighted by Gasteiger charge is 2.35. The molecule has 0 aliphatic rings. The Labute approximate surface area is 119 Å². The molecular weight excluding hydrogens is 286 g/mol. The molecule has 0 radical (unpaired) electrons. The van der Waals surface area contributed by atoms with E-state index in [0.717, 1.165) is 6.42 Å². The number of halogens is 4. The molecule has 0 unspecified atom stereocenters. The number of rotatable bonds is 4. The zero-order valence-corrected chi connectivity index (χ0v) is 11.2. The Morgan fingerprint density at radius 1 is 1.14 bits per heavy atom. The van der Waals surface area contributed by atoms with E-state index in [2.05, 4.69) is 15.3 Å². The van der Waals surface area contributed by atoms with Crippen LogP contribution in [0.3, 0.4) is 0 Å². The molecule has 1 heterocycles. The summed E-state index contributed by atoms with van der Waals surface area (Å²) >= 11 is 0. The lowest BCUT2D eigenvalue weighted by Crippen LogP contribution is -2.14. The van der Waals surface area contributed by atoms with Crippen LogP contribution in [0.5, 0.6) is 0 Å². The van der Waals surface area contributed by atoms with Crippen molar-refractivity contribution in [3.05, 3.63) is 42.0 Å². The molecule has 1 N–H and O–H groups in total. The van der Waals surface area contributed by atoms with Crippen molar-refractivity contribution in [2.45, 2.75) is 19.5 Å². The van der Waals surface area contributed by atoms with Crippen LogP contribution in [0.1, 0.15) is 19.2 Å². The lowest BCUT2D eigenvalue weighted by Gasteiger charge is -2.11. The summed E-state index contributed by atoms with van der Waals surface area (Å²) in [7, 11) is 0. The first kappa shape index (κ1) is 15.2. The van der Waals surface area contributed by atoms with E-state index < -0.39 is 17.8 Å². The van der Waals surface area contributed by atoms with Crippen LogP contribution >= 0.6 is 0 Å². The second-order valence-corrected chi connectivity index (χ2v) is 4.37. The quantitative estimate of drug-likeness (QED) is 0.863. The van der Waals surface area contributed by atoms with Crippen molar-refractivity contribution < 1.29 is 17.6 Å². The van der Waals surface area contributed by atoms with Crippen LogP contribution in [0.15, 0.2) is 30.3 Å². The van der Waals surface area contributed by atoms with Gasteiger partial charge in [-0.3, -0.25) is 0 Å². The number of aromatic nitrogens is 2. The van der Waals surface area contributed by atoms with Crippen LogP contribution < -0.4 is 5.32 Å². The highest BCUT2D eigenvalue weighted by molar-refractivity contribution is 5.63. The monoisotopic (exact) mass is 299 g/mol. The minimum absolute atomic E-state index is 0.00458.